The predicted octanol–water partition coefficient (Wildman–Crippen LogP) is 4.29. The van der Waals surface area contributed by atoms with Crippen LogP contribution in [0.4, 0.5) is 5.69 Å². The minimum atomic E-state index is 0.138. The first-order valence-electron chi connectivity index (χ1n) is 10.9. The van der Waals surface area contributed by atoms with Crippen molar-refractivity contribution in [1.82, 2.24) is 14.8 Å². The highest BCUT2D eigenvalue weighted by molar-refractivity contribution is 5.65. The smallest absolute Gasteiger partial charge is 0.0979 e. The normalized spacial score (nSPS) is 22.2. The first-order chi connectivity index (χ1) is 15.1. The molecule has 2 aliphatic rings. The number of benzene rings is 2. The maximum absolute atomic E-state index is 9.17. The first-order valence-corrected chi connectivity index (χ1v) is 10.9. The summed E-state index contributed by atoms with van der Waals surface area (Å²) in [5.41, 5.74) is 7.10. The summed E-state index contributed by atoms with van der Waals surface area (Å²) in [7, 11) is 1.94. The number of hydrogen-bond acceptors (Lipinski definition) is 6. The van der Waals surface area contributed by atoms with Gasteiger partial charge in [-0.3, -0.25) is 9.69 Å². The van der Waals surface area contributed by atoms with E-state index in [2.05, 4.69) is 81.3 Å². The second-order valence-corrected chi connectivity index (χ2v) is 8.46. The molecule has 0 saturated heterocycles. The Balaban J connectivity index is 1.52. The largest absolute Gasteiger partial charge is 0.396 e. The van der Waals surface area contributed by atoms with Crippen LogP contribution in [0.15, 0.2) is 65.2 Å². The second kappa shape index (κ2) is 8.15. The van der Waals surface area contributed by atoms with E-state index >= 15 is 0 Å². The fraction of sp³-hybridized carbons (Fsp3) is 0.375. The van der Waals surface area contributed by atoms with E-state index in [4.69, 9.17) is 5.11 Å². The SMILES string of the molecule is CC1N=NN2CCC(Nc3ccc(CCO)cc3)c3cc(-c4cnn(C)c4)ccc3C12. The fourth-order valence-electron chi connectivity index (χ4n) is 4.68. The monoisotopic (exact) mass is 416 g/mol. The Hall–Kier alpha value is -3.19. The Morgan fingerprint density at radius 3 is 2.68 bits per heavy atom. The maximum Gasteiger partial charge on any atom is 0.0979 e. The lowest BCUT2D eigenvalue weighted by atomic mass is 9.90. The van der Waals surface area contributed by atoms with Crippen molar-refractivity contribution in [3.63, 3.8) is 0 Å². The molecule has 2 aliphatic heterocycles. The van der Waals surface area contributed by atoms with Crippen LogP contribution in [0.25, 0.3) is 11.1 Å². The molecule has 3 heterocycles. The van der Waals surface area contributed by atoms with E-state index in [1.807, 2.05) is 17.9 Å². The lowest BCUT2D eigenvalue weighted by molar-refractivity contribution is 0.227. The molecule has 3 unspecified atom stereocenters. The average Bonchev–Trinajstić information content (AvgIpc) is 3.33. The van der Waals surface area contributed by atoms with E-state index < -0.39 is 0 Å². The molecule has 0 amide bonds. The number of rotatable bonds is 5. The van der Waals surface area contributed by atoms with E-state index in [-0.39, 0.29) is 24.7 Å². The number of nitrogens with one attached hydrogen (secondary N) is 1. The van der Waals surface area contributed by atoms with Gasteiger partial charge in [-0.25, -0.2) is 0 Å². The molecule has 3 atom stereocenters. The molecule has 5 rings (SSSR count). The molecule has 31 heavy (non-hydrogen) atoms. The van der Waals surface area contributed by atoms with Gasteiger partial charge in [-0.1, -0.05) is 29.5 Å². The number of fused-ring (bicyclic) bond motifs is 3. The lowest BCUT2D eigenvalue weighted by Gasteiger charge is -2.24. The number of anilines is 1. The third-order valence-electron chi connectivity index (χ3n) is 6.29. The van der Waals surface area contributed by atoms with Crippen LogP contribution in [0.5, 0.6) is 0 Å². The van der Waals surface area contributed by atoms with Gasteiger partial charge in [0.05, 0.1) is 24.3 Å². The van der Waals surface area contributed by atoms with Gasteiger partial charge in [-0.15, -0.1) is 0 Å². The van der Waals surface area contributed by atoms with E-state index in [0.717, 1.165) is 29.8 Å². The summed E-state index contributed by atoms with van der Waals surface area (Å²) in [5.74, 6) is 0. The van der Waals surface area contributed by atoms with Crippen LogP contribution >= 0.6 is 0 Å². The van der Waals surface area contributed by atoms with Crippen molar-refractivity contribution in [3.8, 4) is 11.1 Å². The second-order valence-electron chi connectivity index (χ2n) is 8.46. The third-order valence-corrected chi connectivity index (χ3v) is 6.29. The molecular formula is C24H28N6O. The summed E-state index contributed by atoms with van der Waals surface area (Å²) in [5, 5.41) is 28.3. The van der Waals surface area contributed by atoms with Gasteiger partial charge in [-0.2, -0.15) is 10.2 Å². The number of aliphatic hydroxyl groups is 1. The predicted molar refractivity (Wildman–Crippen MR) is 121 cm³/mol. The summed E-state index contributed by atoms with van der Waals surface area (Å²) in [6.07, 6.45) is 5.58. The molecule has 1 aromatic heterocycles. The molecule has 0 aliphatic carbocycles. The van der Waals surface area contributed by atoms with Crippen molar-refractivity contribution in [1.29, 1.82) is 0 Å². The number of aromatic nitrogens is 2. The Kier molecular flexibility index (Phi) is 5.19. The van der Waals surface area contributed by atoms with Crippen LogP contribution in [0, 0.1) is 0 Å². The van der Waals surface area contributed by atoms with Crippen molar-refractivity contribution in [2.24, 2.45) is 17.4 Å². The number of aliphatic hydroxyl groups excluding tert-OH is 1. The van der Waals surface area contributed by atoms with Crippen molar-refractivity contribution < 1.29 is 5.11 Å². The van der Waals surface area contributed by atoms with Gasteiger partial charge in [0.1, 0.15) is 0 Å². The zero-order chi connectivity index (χ0) is 21.4. The van der Waals surface area contributed by atoms with Crippen molar-refractivity contribution >= 4 is 5.69 Å². The topological polar surface area (TPSA) is 78.0 Å². The molecule has 3 aromatic rings. The van der Waals surface area contributed by atoms with Gasteiger partial charge in [0.25, 0.3) is 0 Å². The van der Waals surface area contributed by atoms with Crippen molar-refractivity contribution in [2.75, 3.05) is 18.5 Å². The Morgan fingerprint density at radius 1 is 1.10 bits per heavy atom. The maximum atomic E-state index is 9.17. The Labute approximate surface area is 182 Å². The number of hydrogen-bond donors (Lipinski definition) is 2. The summed E-state index contributed by atoms with van der Waals surface area (Å²) < 4.78 is 1.84. The molecule has 0 radical (unpaired) electrons. The Morgan fingerprint density at radius 2 is 1.94 bits per heavy atom. The van der Waals surface area contributed by atoms with Gasteiger partial charge in [0, 0.05) is 37.6 Å². The van der Waals surface area contributed by atoms with Gasteiger partial charge >= 0.3 is 0 Å². The summed E-state index contributed by atoms with van der Waals surface area (Å²) in [4.78, 5) is 0. The molecular weight excluding hydrogens is 388 g/mol. The molecule has 2 aromatic carbocycles. The van der Waals surface area contributed by atoms with Crippen LogP contribution in [-0.4, -0.2) is 39.1 Å². The highest BCUT2D eigenvalue weighted by atomic mass is 16.2. The summed E-state index contributed by atoms with van der Waals surface area (Å²) in [6.45, 7) is 3.17. The van der Waals surface area contributed by atoms with E-state index in [0.29, 0.717) is 6.42 Å². The molecule has 0 spiro atoms. The van der Waals surface area contributed by atoms with Crippen LogP contribution < -0.4 is 5.32 Å². The minimum Gasteiger partial charge on any atom is -0.396 e. The quantitative estimate of drug-likeness (QED) is 0.650. The van der Waals surface area contributed by atoms with Crippen LogP contribution in [-0.2, 0) is 13.5 Å². The standard InChI is InChI=1S/C24H28N6O/c1-16-24-21-8-5-18(19-14-25-29(2)15-19)13-22(21)23(9-11-30(24)28-27-16)26-20-6-3-17(4-7-20)10-12-31/h3-8,13-16,23-24,26,31H,9-12H2,1-2H3. The van der Waals surface area contributed by atoms with Gasteiger partial charge in [0.2, 0.25) is 0 Å². The molecule has 160 valence electrons. The summed E-state index contributed by atoms with van der Waals surface area (Å²) in [6, 6.07) is 15.6. The molecule has 0 bridgehead atoms. The van der Waals surface area contributed by atoms with Gasteiger partial charge in [0.15, 0.2) is 0 Å². The lowest BCUT2D eigenvalue weighted by Crippen LogP contribution is -2.25. The summed E-state index contributed by atoms with van der Waals surface area (Å²) >= 11 is 0. The van der Waals surface area contributed by atoms with Crippen LogP contribution in [0.1, 0.15) is 42.1 Å². The molecule has 7 heteroatoms. The molecule has 0 saturated carbocycles. The third kappa shape index (κ3) is 3.81. The molecule has 0 fully saturated rings. The zero-order valence-corrected chi connectivity index (χ0v) is 17.9. The van der Waals surface area contributed by atoms with Gasteiger partial charge in [-0.05, 0) is 60.2 Å². The first kappa shape index (κ1) is 19.8. The van der Waals surface area contributed by atoms with Crippen LogP contribution in [0.3, 0.4) is 0 Å². The minimum absolute atomic E-state index is 0.138. The van der Waals surface area contributed by atoms with Crippen LogP contribution in [0.2, 0.25) is 0 Å². The van der Waals surface area contributed by atoms with Gasteiger partial charge < -0.3 is 10.4 Å². The highest BCUT2D eigenvalue weighted by Gasteiger charge is 2.37. The highest BCUT2D eigenvalue weighted by Crippen LogP contribution is 2.42. The van der Waals surface area contributed by atoms with Crippen molar-refractivity contribution in [2.45, 2.75) is 37.9 Å². The van der Waals surface area contributed by atoms with E-state index in [1.165, 1.54) is 16.7 Å². The molecule has 2 N–H and O–H groups in total. The number of aryl methyl sites for hydroxylation is 1. The van der Waals surface area contributed by atoms with Crippen molar-refractivity contribution in [3.05, 3.63) is 71.5 Å². The van der Waals surface area contributed by atoms with E-state index in [9.17, 15) is 0 Å². The average molecular weight is 417 g/mol. The number of nitrogens with zero attached hydrogens (tertiary/aromatic N) is 5. The molecule has 7 nitrogen and oxygen atoms in total. The van der Waals surface area contributed by atoms with E-state index in [1.54, 1.807) is 0 Å². The Bertz CT molecular complexity index is 1090. The fourth-order valence-corrected chi connectivity index (χ4v) is 4.68. The zero-order valence-electron chi connectivity index (χ0n) is 17.9.